The maximum absolute atomic E-state index is 5.20. The Morgan fingerprint density at radius 3 is 1.69 bits per heavy atom. The van der Waals surface area contributed by atoms with Crippen LogP contribution in [-0.4, -0.2) is 19.1 Å². The van der Waals surface area contributed by atoms with Gasteiger partial charge in [0.25, 0.3) is 0 Å². The number of para-hydroxylation sites is 5. The molecule has 0 spiro atoms. The van der Waals surface area contributed by atoms with Crippen molar-refractivity contribution in [3.8, 4) is 45.1 Å². The van der Waals surface area contributed by atoms with Gasteiger partial charge in [-0.15, -0.1) is 0 Å². The molecule has 11 aromatic rings. The van der Waals surface area contributed by atoms with Gasteiger partial charge in [0, 0.05) is 49.3 Å². The highest BCUT2D eigenvalue weighted by molar-refractivity contribution is 6.17. The van der Waals surface area contributed by atoms with Crippen molar-refractivity contribution in [3.05, 3.63) is 194 Å². The van der Waals surface area contributed by atoms with Gasteiger partial charge in [-0.3, -0.25) is 0 Å². The molecule has 0 N–H and O–H groups in total. The van der Waals surface area contributed by atoms with Crippen LogP contribution in [0.2, 0.25) is 0 Å². The summed E-state index contributed by atoms with van der Waals surface area (Å²) in [5.74, 6) is 0.720. The summed E-state index contributed by atoms with van der Waals surface area (Å²) < 4.78 is 4.83. The molecule has 0 aliphatic carbocycles. The van der Waals surface area contributed by atoms with Crippen molar-refractivity contribution in [3.63, 3.8) is 0 Å². The van der Waals surface area contributed by atoms with Crippen LogP contribution in [0, 0.1) is 0 Å². The fourth-order valence-corrected chi connectivity index (χ4v) is 8.41. The second-order valence-electron chi connectivity index (χ2n) is 13.8. The summed E-state index contributed by atoms with van der Waals surface area (Å²) in [6.07, 6.45) is 0. The first-order valence-electron chi connectivity index (χ1n) is 18.3. The molecule has 0 atom stereocenters. The van der Waals surface area contributed by atoms with Crippen molar-refractivity contribution in [2.45, 2.75) is 0 Å². The molecule has 0 bridgehead atoms. The quantitative estimate of drug-likeness (QED) is 0.180. The van der Waals surface area contributed by atoms with Gasteiger partial charge < -0.3 is 9.13 Å². The third-order valence-electron chi connectivity index (χ3n) is 10.7. The standard InChI is InChI=1S/C50H32N4/c1-2-16-33(17-3-1)50-51-42-26-9-4-23-40(42)49(52-50)34-18-14-19-35(32-34)53-46-30-13-8-24-41(46)48-39(25-15-31-47(48)53)38-22-7-12-29-45(38)54-43-27-10-5-20-36(43)37-21-6-11-28-44(37)54/h1-32H. The van der Waals surface area contributed by atoms with Crippen LogP contribution in [0.5, 0.6) is 0 Å². The van der Waals surface area contributed by atoms with E-state index in [-0.39, 0.29) is 0 Å². The Kier molecular flexibility index (Phi) is 6.82. The van der Waals surface area contributed by atoms with Crippen molar-refractivity contribution in [1.29, 1.82) is 0 Å². The minimum atomic E-state index is 0.720. The van der Waals surface area contributed by atoms with E-state index in [4.69, 9.17) is 9.97 Å². The summed E-state index contributed by atoms with van der Waals surface area (Å²) in [5.41, 5.74) is 13.2. The molecule has 3 heterocycles. The third kappa shape index (κ3) is 4.64. The number of rotatable bonds is 5. The average molecular weight is 689 g/mol. The first-order chi connectivity index (χ1) is 26.8. The Morgan fingerprint density at radius 2 is 0.907 bits per heavy atom. The highest BCUT2D eigenvalue weighted by atomic mass is 15.0. The Bertz CT molecular complexity index is 3170. The van der Waals surface area contributed by atoms with Gasteiger partial charge in [0.05, 0.1) is 39.0 Å². The molecule has 252 valence electrons. The summed E-state index contributed by atoms with van der Waals surface area (Å²) in [6.45, 7) is 0. The number of aromatic nitrogens is 4. The van der Waals surface area contributed by atoms with E-state index in [0.717, 1.165) is 56.0 Å². The van der Waals surface area contributed by atoms with Gasteiger partial charge in [-0.2, -0.15) is 0 Å². The molecule has 0 saturated heterocycles. The lowest BCUT2D eigenvalue weighted by Gasteiger charge is -2.15. The van der Waals surface area contributed by atoms with Crippen LogP contribution in [-0.2, 0) is 0 Å². The molecule has 54 heavy (non-hydrogen) atoms. The molecule has 0 aliphatic rings. The summed E-state index contributed by atoms with van der Waals surface area (Å²) in [6, 6.07) is 69.1. The summed E-state index contributed by atoms with van der Waals surface area (Å²) in [5, 5.41) is 5.98. The van der Waals surface area contributed by atoms with E-state index in [1.165, 1.54) is 43.7 Å². The molecule has 11 rings (SSSR count). The van der Waals surface area contributed by atoms with Gasteiger partial charge in [-0.25, -0.2) is 9.97 Å². The largest absolute Gasteiger partial charge is 0.309 e. The van der Waals surface area contributed by atoms with Crippen molar-refractivity contribution in [2.24, 2.45) is 0 Å². The van der Waals surface area contributed by atoms with Gasteiger partial charge in [-0.05, 0) is 54.1 Å². The van der Waals surface area contributed by atoms with Crippen LogP contribution in [0.4, 0.5) is 0 Å². The predicted molar refractivity (Wildman–Crippen MR) is 225 cm³/mol. The van der Waals surface area contributed by atoms with Gasteiger partial charge >= 0.3 is 0 Å². The van der Waals surface area contributed by atoms with E-state index in [1.807, 2.05) is 24.3 Å². The van der Waals surface area contributed by atoms with Crippen molar-refractivity contribution in [1.82, 2.24) is 19.1 Å². The van der Waals surface area contributed by atoms with Crippen LogP contribution in [0.25, 0.3) is 99.7 Å². The first kappa shape index (κ1) is 30.3. The topological polar surface area (TPSA) is 35.6 Å². The van der Waals surface area contributed by atoms with E-state index in [0.29, 0.717) is 0 Å². The zero-order valence-corrected chi connectivity index (χ0v) is 29.3. The molecular formula is C50H32N4. The van der Waals surface area contributed by atoms with Crippen molar-refractivity contribution >= 4 is 54.5 Å². The van der Waals surface area contributed by atoms with Crippen molar-refractivity contribution in [2.75, 3.05) is 0 Å². The zero-order valence-electron chi connectivity index (χ0n) is 29.3. The number of nitrogens with zero attached hydrogens (tertiary/aromatic N) is 4. The van der Waals surface area contributed by atoms with E-state index >= 15 is 0 Å². The molecule has 4 nitrogen and oxygen atoms in total. The second-order valence-corrected chi connectivity index (χ2v) is 13.8. The highest BCUT2D eigenvalue weighted by Gasteiger charge is 2.21. The van der Waals surface area contributed by atoms with E-state index in [2.05, 4.69) is 179 Å². The Hall–Kier alpha value is -7.30. The van der Waals surface area contributed by atoms with Crippen LogP contribution < -0.4 is 0 Å². The Morgan fingerprint density at radius 1 is 0.352 bits per heavy atom. The van der Waals surface area contributed by atoms with Gasteiger partial charge in [0.2, 0.25) is 0 Å². The molecule has 0 amide bonds. The minimum absolute atomic E-state index is 0.720. The summed E-state index contributed by atoms with van der Waals surface area (Å²) in [4.78, 5) is 10.2. The molecule has 0 aliphatic heterocycles. The lowest BCUT2D eigenvalue weighted by atomic mass is 9.97. The van der Waals surface area contributed by atoms with Crippen LogP contribution in [0.15, 0.2) is 194 Å². The zero-order chi connectivity index (χ0) is 35.6. The lowest BCUT2D eigenvalue weighted by Crippen LogP contribution is -1.98. The number of hydrogen-bond acceptors (Lipinski definition) is 2. The lowest BCUT2D eigenvalue weighted by molar-refractivity contribution is 1.17. The SMILES string of the molecule is c1ccc(-c2nc(-c3cccc(-n4c5ccccc5c5c(-c6ccccc6-n6c7ccccc7c7ccccc76)cccc54)c3)c3ccccc3n2)cc1. The minimum Gasteiger partial charge on any atom is -0.309 e. The Labute approximate surface area is 311 Å². The second kappa shape index (κ2) is 12.1. The van der Waals surface area contributed by atoms with Crippen LogP contribution in [0.3, 0.4) is 0 Å². The fourth-order valence-electron chi connectivity index (χ4n) is 8.41. The smallest absolute Gasteiger partial charge is 0.160 e. The van der Waals surface area contributed by atoms with E-state index in [1.54, 1.807) is 0 Å². The first-order valence-corrected chi connectivity index (χ1v) is 18.3. The molecule has 0 radical (unpaired) electrons. The van der Waals surface area contributed by atoms with Gasteiger partial charge in [0.15, 0.2) is 5.82 Å². The average Bonchev–Trinajstić information content (AvgIpc) is 3.77. The normalized spacial score (nSPS) is 11.7. The van der Waals surface area contributed by atoms with E-state index in [9.17, 15) is 0 Å². The number of hydrogen-bond donors (Lipinski definition) is 0. The molecular weight excluding hydrogens is 657 g/mol. The molecule has 3 aromatic heterocycles. The molecule has 8 aromatic carbocycles. The molecule has 0 fully saturated rings. The van der Waals surface area contributed by atoms with Gasteiger partial charge in [0.1, 0.15) is 0 Å². The number of fused-ring (bicyclic) bond motifs is 7. The molecule has 4 heteroatoms. The maximum atomic E-state index is 5.20. The maximum Gasteiger partial charge on any atom is 0.160 e. The highest BCUT2D eigenvalue weighted by Crippen LogP contribution is 2.42. The summed E-state index contributed by atoms with van der Waals surface area (Å²) >= 11 is 0. The summed E-state index contributed by atoms with van der Waals surface area (Å²) in [7, 11) is 0. The Balaban J connectivity index is 1.14. The van der Waals surface area contributed by atoms with Crippen molar-refractivity contribution < 1.29 is 0 Å². The number of benzene rings is 8. The van der Waals surface area contributed by atoms with Gasteiger partial charge in [-0.1, -0.05) is 146 Å². The monoisotopic (exact) mass is 688 g/mol. The fraction of sp³-hybridized carbons (Fsp3) is 0. The predicted octanol–water partition coefficient (Wildman–Crippen LogP) is 12.8. The van der Waals surface area contributed by atoms with Crippen LogP contribution in [0.1, 0.15) is 0 Å². The van der Waals surface area contributed by atoms with Crippen LogP contribution >= 0.6 is 0 Å². The third-order valence-corrected chi connectivity index (χ3v) is 10.7. The molecule has 0 saturated carbocycles. The van der Waals surface area contributed by atoms with E-state index < -0.39 is 0 Å². The molecule has 0 unspecified atom stereocenters.